The highest BCUT2D eigenvalue weighted by molar-refractivity contribution is 5.78. The predicted octanol–water partition coefficient (Wildman–Crippen LogP) is 3.52. The molecule has 0 saturated heterocycles. The molecule has 4 heteroatoms. The molecule has 0 aromatic heterocycles. The van der Waals surface area contributed by atoms with E-state index in [-0.39, 0.29) is 12.0 Å². The maximum atomic E-state index is 11.9. The van der Waals surface area contributed by atoms with Gasteiger partial charge in [-0.15, -0.1) is 0 Å². The minimum Gasteiger partial charge on any atom is -0.497 e. The number of rotatable bonds is 9. The third kappa shape index (κ3) is 6.05. The SMILES string of the molecule is COc1cccc(CC(=O)NCCCO[C@H](C)c2ccccc2)c1. The monoisotopic (exact) mass is 327 g/mol. The van der Waals surface area contributed by atoms with Crippen LogP contribution >= 0.6 is 0 Å². The Hall–Kier alpha value is -2.33. The van der Waals surface area contributed by atoms with Crippen molar-refractivity contribution in [3.05, 3.63) is 65.7 Å². The number of carbonyl (C=O) groups excluding carboxylic acids is 1. The van der Waals surface area contributed by atoms with Crippen LogP contribution in [0.4, 0.5) is 0 Å². The molecule has 1 N–H and O–H groups in total. The van der Waals surface area contributed by atoms with Crippen molar-refractivity contribution in [2.45, 2.75) is 25.9 Å². The zero-order valence-corrected chi connectivity index (χ0v) is 14.3. The third-order valence-electron chi connectivity index (χ3n) is 3.78. The van der Waals surface area contributed by atoms with Gasteiger partial charge in [-0.25, -0.2) is 0 Å². The van der Waals surface area contributed by atoms with Crippen LogP contribution in [0.15, 0.2) is 54.6 Å². The number of methoxy groups -OCH3 is 1. The average molecular weight is 327 g/mol. The maximum Gasteiger partial charge on any atom is 0.224 e. The van der Waals surface area contributed by atoms with Gasteiger partial charge in [0.2, 0.25) is 5.91 Å². The summed E-state index contributed by atoms with van der Waals surface area (Å²) in [6.45, 7) is 3.27. The molecule has 0 aliphatic carbocycles. The molecule has 0 bridgehead atoms. The third-order valence-corrected chi connectivity index (χ3v) is 3.78. The first-order valence-electron chi connectivity index (χ1n) is 8.25. The molecule has 2 rings (SSSR count). The Morgan fingerprint density at radius 3 is 2.67 bits per heavy atom. The van der Waals surface area contributed by atoms with E-state index >= 15 is 0 Å². The van der Waals surface area contributed by atoms with Crippen molar-refractivity contribution < 1.29 is 14.3 Å². The van der Waals surface area contributed by atoms with Crippen LogP contribution in [0.5, 0.6) is 5.75 Å². The molecule has 2 aromatic rings. The summed E-state index contributed by atoms with van der Waals surface area (Å²) in [6, 6.07) is 17.7. The fourth-order valence-electron chi connectivity index (χ4n) is 2.41. The first-order chi connectivity index (χ1) is 11.7. The molecule has 0 unspecified atom stereocenters. The largest absolute Gasteiger partial charge is 0.497 e. The average Bonchev–Trinajstić information content (AvgIpc) is 2.62. The van der Waals surface area contributed by atoms with Crippen LogP contribution in [-0.4, -0.2) is 26.2 Å². The second-order valence-corrected chi connectivity index (χ2v) is 5.66. The normalized spacial score (nSPS) is 11.8. The van der Waals surface area contributed by atoms with Crippen molar-refractivity contribution in [1.82, 2.24) is 5.32 Å². The smallest absolute Gasteiger partial charge is 0.224 e. The van der Waals surface area contributed by atoms with Gasteiger partial charge in [0.05, 0.1) is 19.6 Å². The maximum absolute atomic E-state index is 11.9. The van der Waals surface area contributed by atoms with Crippen LogP contribution in [-0.2, 0) is 16.0 Å². The van der Waals surface area contributed by atoms with Gasteiger partial charge in [-0.05, 0) is 36.6 Å². The molecular weight excluding hydrogens is 302 g/mol. The molecule has 0 fully saturated rings. The summed E-state index contributed by atoms with van der Waals surface area (Å²) in [5, 5.41) is 2.92. The van der Waals surface area contributed by atoms with Crippen molar-refractivity contribution in [3.63, 3.8) is 0 Å². The van der Waals surface area contributed by atoms with Gasteiger partial charge < -0.3 is 14.8 Å². The number of nitrogens with one attached hydrogen (secondary N) is 1. The lowest BCUT2D eigenvalue weighted by molar-refractivity contribution is -0.120. The molecule has 1 amide bonds. The number of amides is 1. The molecular formula is C20H25NO3. The Bertz CT molecular complexity index is 628. The van der Waals surface area contributed by atoms with Gasteiger partial charge in [-0.3, -0.25) is 4.79 Å². The fourth-order valence-corrected chi connectivity index (χ4v) is 2.41. The summed E-state index contributed by atoms with van der Waals surface area (Å²) in [5.74, 6) is 0.781. The van der Waals surface area contributed by atoms with Gasteiger partial charge in [0.25, 0.3) is 0 Å². The van der Waals surface area contributed by atoms with Crippen LogP contribution in [0.25, 0.3) is 0 Å². The lowest BCUT2D eigenvalue weighted by atomic mass is 10.1. The highest BCUT2D eigenvalue weighted by atomic mass is 16.5. The highest BCUT2D eigenvalue weighted by Crippen LogP contribution is 2.16. The molecule has 1 atom stereocenters. The zero-order valence-electron chi connectivity index (χ0n) is 14.3. The van der Waals surface area contributed by atoms with Gasteiger partial charge in [-0.2, -0.15) is 0 Å². The number of ether oxygens (including phenoxy) is 2. The minimum atomic E-state index is 0.0133. The lowest BCUT2D eigenvalue weighted by Crippen LogP contribution is -2.26. The van der Waals surface area contributed by atoms with Crippen LogP contribution in [0.2, 0.25) is 0 Å². The Labute approximate surface area is 143 Å². The van der Waals surface area contributed by atoms with E-state index in [9.17, 15) is 4.79 Å². The van der Waals surface area contributed by atoms with Crippen LogP contribution in [0.3, 0.4) is 0 Å². The van der Waals surface area contributed by atoms with Gasteiger partial charge in [0.1, 0.15) is 5.75 Å². The van der Waals surface area contributed by atoms with Crippen LogP contribution in [0.1, 0.15) is 30.6 Å². The number of hydrogen-bond donors (Lipinski definition) is 1. The van der Waals surface area contributed by atoms with Crippen molar-refractivity contribution in [3.8, 4) is 5.75 Å². The summed E-state index contributed by atoms with van der Waals surface area (Å²) in [4.78, 5) is 11.9. The van der Waals surface area contributed by atoms with E-state index in [1.165, 1.54) is 5.56 Å². The Morgan fingerprint density at radius 1 is 1.12 bits per heavy atom. The molecule has 0 radical (unpaired) electrons. The quantitative estimate of drug-likeness (QED) is 0.717. The second-order valence-electron chi connectivity index (χ2n) is 5.66. The summed E-state index contributed by atoms with van der Waals surface area (Å²) in [7, 11) is 1.62. The van der Waals surface area contributed by atoms with Crippen molar-refractivity contribution in [2.24, 2.45) is 0 Å². The molecule has 0 spiro atoms. The molecule has 0 heterocycles. The molecule has 2 aromatic carbocycles. The Morgan fingerprint density at radius 2 is 1.92 bits per heavy atom. The van der Waals surface area contributed by atoms with E-state index in [1.807, 2.05) is 49.4 Å². The molecule has 24 heavy (non-hydrogen) atoms. The number of carbonyl (C=O) groups is 1. The van der Waals surface area contributed by atoms with E-state index in [1.54, 1.807) is 7.11 Å². The molecule has 4 nitrogen and oxygen atoms in total. The number of benzene rings is 2. The van der Waals surface area contributed by atoms with Crippen molar-refractivity contribution >= 4 is 5.91 Å². The summed E-state index contributed by atoms with van der Waals surface area (Å²) >= 11 is 0. The Balaban J connectivity index is 1.62. The fraction of sp³-hybridized carbons (Fsp3) is 0.350. The van der Waals surface area contributed by atoms with Crippen molar-refractivity contribution in [2.75, 3.05) is 20.3 Å². The molecule has 0 saturated carbocycles. The van der Waals surface area contributed by atoms with E-state index in [4.69, 9.17) is 9.47 Å². The molecule has 128 valence electrons. The number of hydrogen-bond acceptors (Lipinski definition) is 3. The first kappa shape index (κ1) is 18.0. The Kier molecular flexibility index (Phi) is 7.30. The van der Waals surface area contributed by atoms with E-state index in [0.717, 1.165) is 17.7 Å². The van der Waals surface area contributed by atoms with E-state index in [2.05, 4.69) is 17.4 Å². The van der Waals surface area contributed by atoms with Gasteiger partial charge in [0, 0.05) is 13.2 Å². The van der Waals surface area contributed by atoms with Crippen LogP contribution < -0.4 is 10.1 Å². The van der Waals surface area contributed by atoms with Gasteiger partial charge in [0.15, 0.2) is 0 Å². The standard InChI is InChI=1S/C20H25NO3/c1-16(18-9-4-3-5-10-18)24-13-7-12-21-20(22)15-17-8-6-11-19(14-17)23-2/h3-6,8-11,14,16H,7,12-13,15H2,1-2H3,(H,21,22)/t16-/m1/s1. The lowest BCUT2D eigenvalue weighted by Gasteiger charge is -2.13. The topological polar surface area (TPSA) is 47.6 Å². The first-order valence-corrected chi connectivity index (χ1v) is 8.25. The second kappa shape index (κ2) is 9.73. The van der Waals surface area contributed by atoms with Crippen molar-refractivity contribution in [1.29, 1.82) is 0 Å². The minimum absolute atomic E-state index is 0.0133. The van der Waals surface area contributed by atoms with Gasteiger partial charge >= 0.3 is 0 Å². The summed E-state index contributed by atoms with van der Waals surface area (Å²) in [6.07, 6.45) is 1.22. The van der Waals surface area contributed by atoms with E-state index in [0.29, 0.717) is 19.6 Å². The molecule has 0 aliphatic heterocycles. The zero-order chi connectivity index (χ0) is 17.2. The highest BCUT2D eigenvalue weighted by Gasteiger charge is 2.06. The van der Waals surface area contributed by atoms with Crippen LogP contribution in [0, 0.1) is 0 Å². The molecule has 0 aliphatic rings. The predicted molar refractivity (Wildman–Crippen MR) is 95.1 cm³/mol. The summed E-state index contributed by atoms with van der Waals surface area (Å²) < 4.78 is 11.0. The summed E-state index contributed by atoms with van der Waals surface area (Å²) in [5.41, 5.74) is 2.11. The van der Waals surface area contributed by atoms with E-state index < -0.39 is 0 Å². The van der Waals surface area contributed by atoms with Gasteiger partial charge in [-0.1, -0.05) is 42.5 Å².